The van der Waals surface area contributed by atoms with Crippen molar-refractivity contribution in [2.24, 2.45) is 10.7 Å². The molecule has 0 saturated heterocycles. The van der Waals surface area contributed by atoms with Gasteiger partial charge in [-0.15, -0.1) is 11.3 Å². The summed E-state index contributed by atoms with van der Waals surface area (Å²) in [4.78, 5) is 44.9. The van der Waals surface area contributed by atoms with Crippen molar-refractivity contribution in [3.63, 3.8) is 0 Å². The monoisotopic (exact) mass is 564 g/mol. The van der Waals surface area contributed by atoms with E-state index in [0.717, 1.165) is 15.9 Å². The molecule has 36 heavy (non-hydrogen) atoms. The average Bonchev–Trinajstić information content (AvgIpc) is 3.26. The number of halogens is 2. The maximum absolute atomic E-state index is 13.1. The van der Waals surface area contributed by atoms with E-state index in [0.29, 0.717) is 15.5 Å². The molecule has 0 fully saturated rings. The second-order valence-electron chi connectivity index (χ2n) is 7.76. The van der Waals surface area contributed by atoms with Gasteiger partial charge < -0.3 is 10.7 Å². The fourth-order valence-electron chi connectivity index (χ4n) is 3.59. The van der Waals surface area contributed by atoms with Crippen LogP contribution in [-0.4, -0.2) is 42.4 Å². The molecule has 0 amide bonds. The van der Waals surface area contributed by atoms with E-state index in [9.17, 15) is 22.8 Å². The molecule has 4 rings (SSSR count). The summed E-state index contributed by atoms with van der Waals surface area (Å²) in [6.07, 6.45) is -0.204. The molecule has 0 saturated carbocycles. The van der Waals surface area contributed by atoms with Gasteiger partial charge in [0.05, 0.1) is 25.9 Å². The van der Waals surface area contributed by atoms with Gasteiger partial charge in [0.2, 0.25) is 0 Å². The number of hydrogen-bond acceptors (Lipinski definition) is 7. The number of nitrogens with one attached hydrogen (secondary N) is 1. The number of hydrogen-bond donors (Lipinski definition) is 2. The van der Waals surface area contributed by atoms with Crippen LogP contribution in [0.2, 0.25) is 9.36 Å². The van der Waals surface area contributed by atoms with Gasteiger partial charge in [-0.2, -0.15) is 0 Å². The number of fused-ring (bicyclic) bond motifs is 1. The van der Waals surface area contributed by atoms with Gasteiger partial charge in [-0.25, -0.2) is 17.8 Å². The summed E-state index contributed by atoms with van der Waals surface area (Å²) in [7, 11) is -2.29. The van der Waals surface area contributed by atoms with Crippen molar-refractivity contribution < 1.29 is 13.2 Å². The molecule has 2 heterocycles. The van der Waals surface area contributed by atoms with Crippen molar-refractivity contribution >= 4 is 66.9 Å². The number of carbonyl (C=O) groups excluding carboxylic acids is 1. The topological polar surface area (TPSA) is 144 Å². The van der Waals surface area contributed by atoms with Crippen LogP contribution < -0.4 is 17.0 Å². The van der Waals surface area contributed by atoms with E-state index in [2.05, 4.69) is 9.98 Å². The normalized spacial score (nSPS) is 12.2. The largest absolute Gasteiger partial charge is 0.384 e. The molecule has 13 heteroatoms. The van der Waals surface area contributed by atoms with Gasteiger partial charge in [-0.3, -0.25) is 14.6 Å². The zero-order valence-electron chi connectivity index (χ0n) is 18.6. The summed E-state index contributed by atoms with van der Waals surface area (Å²) in [6, 6.07) is 11.9. The zero-order valence-corrected chi connectivity index (χ0v) is 21.8. The van der Waals surface area contributed by atoms with Crippen molar-refractivity contribution in [1.29, 1.82) is 0 Å². The predicted molar refractivity (Wildman–Crippen MR) is 142 cm³/mol. The summed E-state index contributed by atoms with van der Waals surface area (Å²) in [6.45, 7) is 0. The Morgan fingerprint density at radius 1 is 1.11 bits per heavy atom. The Morgan fingerprint density at radius 3 is 2.50 bits per heavy atom. The molecule has 3 N–H and O–H groups in total. The molecule has 186 valence electrons. The van der Waals surface area contributed by atoms with Crippen LogP contribution in [-0.2, 0) is 21.1 Å². The number of aromatic amines is 1. The van der Waals surface area contributed by atoms with Crippen molar-refractivity contribution in [2.75, 3.05) is 12.8 Å². The highest BCUT2D eigenvalue weighted by Gasteiger charge is 2.22. The maximum atomic E-state index is 13.1. The number of benzene rings is 2. The molecule has 4 aromatic rings. The van der Waals surface area contributed by atoms with E-state index in [1.165, 1.54) is 43.4 Å². The molecule has 0 aliphatic rings. The lowest BCUT2D eigenvalue weighted by Crippen LogP contribution is -2.34. The number of ketones is 1. The first-order valence-electron chi connectivity index (χ1n) is 10.3. The maximum Gasteiger partial charge on any atom is 0.333 e. The van der Waals surface area contributed by atoms with E-state index in [1.807, 2.05) is 0 Å². The third kappa shape index (κ3) is 5.14. The Hall–Kier alpha value is -3.25. The second-order valence-corrected chi connectivity index (χ2v) is 12.1. The Kier molecular flexibility index (Phi) is 7.19. The lowest BCUT2D eigenvalue weighted by atomic mass is 10.1. The average molecular weight is 565 g/mol. The summed E-state index contributed by atoms with van der Waals surface area (Å²) < 4.78 is 26.1. The summed E-state index contributed by atoms with van der Waals surface area (Å²) >= 11 is 13.0. The predicted octanol–water partition coefficient (Wildman–Crippen LogP) is 2.97. The molecular weight excluding hydrogens is 547 g/mol. The number of aliphatic imine (C=N–C) groups is 1. The molecule has 2 aromatic heterocycles. The van der Waals surface area contributed by atoms with Gasteiger partial charge in [0.25, 0.3) is 5.56 Å². The highest BCUT2D eigenvalue weighted by atomic mass is 35.5. The number of H-pyrrole nitrogens is 1. The van der Waals surface area contributed by atoms with E-state index in [1.54, 1.807) is 12.1 Å². The highest BCUT2D eigenvalue weighted by Crippen LogP contribution is 2.27. The Labute approximate surface area is 218 Å². The second kappa shape index (κ2) is 10.0. The first kappa shape index (κ1) is 25.8. The van der Waals surface area contributed by atoms with E-state index >= 15 is 0 Å². The van der Waals surface area contributed by atoms with Gasteiger partial charge >= 0.3 is 5.69 Å². The minimum atomic E-state index is -3.82. The van der Waals surface area contributed by atoms with Crippen molar-refractivity contribution in [3.8, 4) is 5.69 Å². The molecule has 2 aromatic carbocycles. The van der Waals surface area contributed by atoms with Crippen LogP contribution in [0.4, 0.5) is 0 Å². The number of rotatable bonds is 7. The number of aromatic nitrogens is 2. The van der Waals surface area contributed by atoms with Crippen LogP contribution in [0.5, 0.6) is 0 Å². The molecule has 0 radical (unpaired) electrons. The minimum Gasteiger partial charge on any atom is -0.384 e. The smallest absolute Gasteiger partial charge is 0.333 e. The van der Waals surface area contributed by atoms with E-state index < -0.39 is 32.6 Å². The van der Waals surface area contributed by atoms with E-state index in [4.69, 9.17) is 28.9 Å². The molecule has 0 unspecified atom stereocenters. The van der Waals surface area contributed by atoms with Crippen molar-refractivity contribution in [3.05, 3.63) is 89.9 Å². The number of nitrogens with zero attached hydrogens (tertiary/aromatic N) is 2. The lowest BCUT2D eigenvalue weighted by Gasteiger charge is -2.11. The van der Waals surface area contributed by atoms with Crippen LogP contribution in [0, 0.1) is 0 Å². The van der Waals surface area contributed by atoms with Crippen LogP contribution in [0.15, 0.2) is 67.3 Å². The van der Waals surface area contributed by atoms with Gasteiger partial charge in [0, 0.05) is 19.0 Å². The SMILES string of the molecule is CN=C(N)c1ccc2c(=O)n(-c3ccc(CC(=O)CS(=O)(=O)c4ccc(Cl)s4)cc3Cl)c(=O)[nH]c2c1. The number of carbonyl (C=O) groups is 1. The Bertz CT molecular complexity index is 1770. The summed E-state index contributed by atoms with van der Waals surface area (Å²) in [5.74, 6) is -0.987. The Morgan fingerprint density at radius 2 is 1.86 bits per heavy atom. The van der Waals surface area contributed by atoms with Crippen LogP contribution >= 0.6 is 34.5 Å². The molecule has 9 nitrogen and oxygen atoms in total. The number of Topliss-reactive ketones (excluding diaryl/α,β-unsaturated/α-hetero) is 1. The summed E-state index contributed by atoms with van der Waals surface area (Å²) in [5, 5.41) is 0.274. The molecule has 0 aliphatic carbocycles. The van der Waals surface area contributed by atoms with Gasteiger partial charge in [0.15, 0.2) is 15.6 Å². The van der Waals surface area contributed by atoms with Crippen LogP contribution in [0.1, 0.15) is 11.1 Å². The first-order valence-corrected chi connectivity index (χ1v) is 13.5. The highest BCUT2D eigenvalue weighted by molar-refractivity contribution is 7.94. The Balaban J connectivity index is 1.63. The van der Waals surface area contributed by atoms with E-state index in [-0.39, 0.29) is 38.1 Å². The third-order valence-electron chi connectivity index (χ3n) is 5.29. The molecule has 0 atom stereocenters. The number of sulfone groups is 1. The number of amidine groups is 1. The van der Waals surface area contributed by atoms with Gasteiger partial charge in [0.1, 0.15) is 15.8 Å². The minimum absolute atomic E-state index is 0.0147. The fraction of sp³-hybridized carbons (Fsp3) is 0.130. The standard InChI is InChI=1S/C23H18Cl2N4O5S2/c1-27-21(26)13-3-4-15-17(10-13)28-23(32)29(22(15)31)18-5-2-12(9-16(18)24)8-14(30)11-36(33,34)20-7-6-19(25)35-20/h2-7,9-10H,8,11H2,1H3,(H2,26,27)(H,28,32). The lowest BCUT2D eigenvalue weighted by molar-refractivity contribution is -0.116. The fourth-order valence-corrected chi connectivity index (χ4v) is 6.69. The van der Waals surface area contributed by atoms with Crippen LogP contribution in [0.25, 0.3) is 16.6 Å². The van der Waals surface area contributed by atoms with Crippen molar-refractivity contribution in [1.82, 2.24) is 9.55 Å². The molecular formula is C23H18Cl2N4O5S2. The number of thiophene rings is 1. The molecule has 0 aliphatic heterocycles. The van der Waals surface area contributed by atoms with Gasteiger partial charge in [-0.05, 0) is 42.0 Å². The van der Waals surface area contributed by atoms with Gasteiger partial charge in [-0.1, -0.05) is 35.3 Å². The molecule has 0 spiro atoms. The summed E-state index contributed by atoms with van der Waals surface area (Å²) in [5.41, 5.74) is 5.87. The molecule has 0 bridgehead atoms. The zero-order chi connectivity index (χ0) is 26.2. The third-order valence-corrected chi connectivity index (χ3v) is 9.09. The quantitative estimate of drug-likeness (QED) is 0.261. The van der Waals surface area contributed by atoms with Crippen LogP contribution in [0.3, 0.4) is 0 Å². The first-order chi connectivity index (χ1) is 17.0. The number of nitrogens with two attached hydrogens (primary N) is 1. The van der Waals surface area contributed by atoms with Crippen molar-refractivity contribution in [2.45, 2.75) is 10.6 Å².